The summed E-state index contributed by atoms with van der Waals surface area (Å²) in [5, 5.41) is 5.69. The molecule has 0 aromatic heterocycles. The summed E-state index contributed by atoms with van der Waals surface area (Å²) in [6, 6.07) is 10.3. The first-order chi connectivity index (χ1) is 9.95. The second-order valence-corrected chi connectivity index (χ2v) is 6.26. The summed E-state index contributed by atoms with van der Waals surface area (Å²) in [5.74, 6) is -0.559. The van der Waals surface area contributed by atoms with E-state index in [4.69, 9.17) is 0 Å². The first-order valence-electron chi connectivity index (χ1n) is 6.20. The fourth-order valence-electron chi connectivity index (χ4n) is 1.75. The van der Waals surface area contributed by atoms with E-state index < -0.39 is 0 Å². The summed E-state index contributed by atoms with van der Waals surface area (Å²) in [6.45, 7) is 1.91. The lowest BCUT2D eigenvalue weighted by Crippen LogP contribution is -2.22. The van der Waals surface area contributed by atoms with Crippen LogP contribution in [0.1, 0.15) is 5.56 Å². The number of anilines is 2. The lowest BCUT2D eigenvalue weighted by atomic mass is 10.2. The van der Waals surface area contributed by atoms with E-state index in [1.807, 2.05) is 19.1 Å². The third kappa shape index (κ3) is 4.54. The van der Waals surface area contributed by atoms with Gasteiger partial charge in [0.1, 0.15) is 5.82 Å². The number of rotatable bonds is 4. The van der Waals surface area contributed by atoms with Crippen LogP contribution in [0.15, 0.2) is 45.3 Å². The summed E-state index contributed by atoms with van der Waals surface area (Å²) >= 11 is 6.45. The van der Waals surface area contributed by atoms with Crippen molar-refractivity contribution < 1.29 is 9.18 Å². The van der Waals surface area contributed by atoms with Gasteiger partial charge < -0.3 is 10.6 Å². The van der Waals surface area contributed by atoms with Crippen LogP contribution in [0.3, 0.4) is 0 Å². The molecule has 0 saturated carbocycles. The number of nitrogens with one attached hydrogen (secondary N) is 2. The van der Waals surface area contributed by atoms with Gasteiger partial charge in [-0.2, -0.15) is 0 Å². The Balaban J connectivity index is 1.95. The predicted molar refractivity (Wildman–Crippen MR) is 90.1 cm³/mol. The molecule has 1 amide bonds. The minimum atomic E-state index is -0.364. The van der Waals surface area contributed by atoms with Gasteiger partial charge >= 0.3 is 0 Å². The third-order valence-electron chi connectivity index (χ3n) is 2.83. The van der Waals surface area contributed by atoms with Gasteiger partial charge in [0.15, 0.2) is 0 Å². The van der Waals surface area contributed by atoms with Crippen LogP contribution in [-0.4, -0.2) is 12.5 Å². The largest absolute Gasteiger partial charge is 0.376 e. The fraction of sp³-hybridized carbons (Fsp3) is 0.133. The number of halogens is 3. The molecule has 21 heavy (non-hydrogen) atoms. The van der Waals surface area contributed by atoms with Crippen molar-refractivity contribution in [2.24, 2.45) is 0 Å². The molecule has 2 rings (SSSR count). The number of carbonyl (C=O) groups is 1. The van der Waals surface area contributed by atoms with Crippen LogP contribution in [0.2, 0.25) is 0 Å². The van der Waals surface area contributed by atoms with Gasteiger partial charge in [0.05, 0.1) is 11.0 Å². The van der Waals surface area contributed by atoms with Gasteiger partial charge in [0.25, 0.3) is 0 Å². The van der Waals surface area contributed by atoms with Gasteiger partial charge in [-0.05, 0) is 64.8 Å². The van der Waals surface area contributed by atoms with Crippen LogP contribution in [-0.2, 0) is 4.79 Å². The Bertz CT molecular complexity index is 659. The van der Waals surface area contributed by atoms with Crippen molar-refractivity contribution in [3.05, 3.63) is 56.7 Å². The second-order valence-electron chi connectivity index (χ2n) is 4.49. The van der Waals surface area contributed by atoms with Gasteiger partial charge in [-0.1, -0.05) is 15.9 Å². The first kappa shape index (κ1) is 16.0. The van der Waals surface area contributed by atoms with Gasteiger partial charge in [0, 0.05) is 15.8 Å². The van der Waals surface area contributed by atoms with Gasteiger partial charge in [-0.3, -0.25) is 4.79 Å². The summed E-state index contributed by atoms with van der Waals surface area (Å²) in [6.07, 6.45) is 0. The van der Waals surface area contributed by atoms with Crippen molar-refractivity contribution in [2.45, 2.75) is 6.92 Å². The molecule has 3 nitrogen and oxygen atoms in total. The summed E-state index contributed by atoms with van der Waals surface area (Å²) < 4.78 is 14.8. The zero-order chi connectivity index (χ0) is 15.4. The molecule has 2 N–H and O–H groups in total. The SMILES string of the molecule is Cc1cc(Br)c(F)cc1NCC(=O)Nc1ccc(Br)cc1. The Kier molecular flexibility index (Phi) is 5.36. The van der Waals surface area contributed by atoms with Crippen LogP contribution in [0.5, 0.6) is 0 Å². The molecule has 6 heteroatoms. The predicted octanol–water partition coefficient (Wildman–Crippen LogP) is 4.71. The average molecular weight is 416 g/mol. The number of aryl methyl sites for hydroxylation is 1. The van der Waals surface area contributed by atoms with Crippen molar-refractivity contribution in [2.75, 3.05) is 17.2 Å². The van der Waals surface area contributed by atoms with Gasteiger partial charge in [-0.15, -0.1) is 0 Å². The topological polar surface area (TPSA) is 41.1 Å². The van der Waals surface area contributed by atoms with Crippen molar-refractivity contribution in [1.82, 2.24) is 0 Å². The van der Waals surface area contributed by atoms with Crippen molar-refractivity contribution in [3.63, 3.8) is 0 Å². The van der Waals surface area contributed by atoms with E-state index in [-0.39, 0.29) is 18.3 Å². The molecule has 0 unspecified atom stereocenters. The highest BCUT2D eigenvalue weighted by Gasteiger charge is 2.07. The Labute approximate surface area is 139 Å². The average Bonchev–Trinajstić information content (AvgIpc) is 2.44. The normalized spacial score (nSPS) is 10.3. The smallest absolute Gasteiger partial charge is 0.243 e. The monoisotopic (exact) mass is 414 g/mol. The Morgan fingerprint density at radius 1 is 1.19 bits per heavy atom. The summed E-state index contributed by atoms with van der Waals surface area (Å²) in [5.41, 5.74) is 2.17. The molecule has 0 fully saturated rings. The number of hydrogen-bond donors (Lipinski definition) is 2. The van der Waals surface area contributed by atoms with Crippen LogP contribution in [0.25, 0.3) is 0 Å². The molecule has 0 heterocycles. The highest BCUT2D eigenvalue weighted by atomic mass is 79.9. The molecular weight excluding hydrogens is 403 g/mol. The standard InChI is InChI=1S/C15H13Br2FN2O/c1-9-6-12(17)13(18)7-14(9)19-8-15(21)20-11-4-2-10(16)3-5-11/h2-7,19H,8H2,1H3,(H,20,21). The maximum absolute atomic E-state index is 13.5. The zero-order valence-corrected chi connectivity index (χ0v) is 14.4. The molecule has 0 aliphatic carbocycles. The minimum Gasteiger partial charge on any atom is -0.376 e. The lowest BCUT2D eigenvalue weighted by molar-refractivity contribution is -0.114. The van der Waals surface area contributed by atoms with Gasteiger partial charge in [-0.25, -0.2) is 4.39 Å². The van der Waals surface area contributed by atoms with Crippen LogP contribution in [0.4, 0.5) is 15.8 Å². The minimum absolute atomic E-state index is 0.0674. The maximum Gasteiger partial charge on any atom is 0.243 e. The third-order valence-corrected chi connectivity index (χ3v) is 3.97. The Hall–Kier alpha value is -1.40. The summed E-state index contributed by atoms with van der Waals surface area (Å²) in [4.78, 5) is 11.8. The molecule has 0 aliphatic heterocycles. The Morgan fingerprint density at radius 3 is 2.52 bits per heavy atom. The second kappa shape index (κ2) is 7.04. The van der Waals surface area contributed by atoms with E-state index in [0.717, 1.165) is 10.0 Å². The van der Waals surface area contributed by atoms with Crippen LogP contribution in [0, 0.1) is 12.7 Å². The molecule has 2 aromatic rings. The van der Waals surface area contributed by atoms with E-state index in [0.29, 0.717) is 15.8 Å². The lowest BCUT2D eigenvalue weighted by Gasteiger charge is -2.11. The van der Waals surface area contributed by atoms with Crippen LogP contribution < -0.4 is 10.6 Å². The van der Waals surface area contributed by atoms with E-state index in [2.05, 4.69) is 42.5 Å². The van der Waals surface area contributed by atoms with Gasteiger partial charge in [0.2, 0.25) is 5.91 Å². The Morgan fingerprint density at radius 2 is 1.86 bits per heavy atom. The van der Waals surface area contributed by atoms with E-state index in [1.54, 1.807) is 18.2 Å². The maximum atomic E-state index is 13.5. The molecule has 110 valence electrons. The number of benzene rings is 2. The molecular formula is C15H13Br2FN2O. The molecule has 0 radical (unpaired) electrons. The highest BCUT2D eigenvalue weighted by molar-refractivity contribution is 9.10. The fourth-order valence-corrected chi connectivity index (χ4v) is 2.47. The van der Waals surface area contributed by atoms with Crippen molar-refractivity contribution in [1.29, 1.82) is 0 Å². The zero-order valence-electron chi connectivity index (χ0n) is 11.2. The van der Waals surface area contributed by atoms with Crippen LogP contribution >= 0.6 is 31.9 Å². The number of hydrogen-bond acceptors (Lipinski definition) is 2. The molecule has 0 atom stereocenters. The number of carbonyl (C=O) groups excluding carboxylic acids is 1. The molecule has 0 spiro atoms. The molecule has 0 aliphatic rings. The van der Waals surface area contributed by atoms with Crippen molar-refractivity contribution >= 4 is 49.1 Å². The van der Waals surface area contributed by atoms with Crippen molar-refractivity contribution in [3.8, 4) is 0 Å². The van der Waals surface area contributed by atoms with E-state index in [1.165, 1.54) is 6.07 Å². The van der Waals surface area contributed by atoms with E-state index in [9.17, 15) is 9.18 Å². The first-order valence-corrected chi connectivity index (χ1v) is 7.79. The number of amides is 1. The summed E-state index contributed by atoms with van der Waals surface area (Å²) in [7, 11) is 0. The quantitative estimate of drug-likeness (QED) is 0.759. The highest BCUT2D eigenvalue weighted by Crippen LogP contribution is 2.23. The van der Waals surface area contributed by atoms with E-state index >= 15 is 0 Å². The molecule has 0 saturated heterocycles. The molecule has 2 aromatic carbocycles. The molecule has 0 bridgehead atoms.